The van der Waals surface area contributed by atoms with Crippen LogP contribution in [0.15, 0.2) is 17.5 Å². The average molecular weight is 295 g/mol. The molecule has 1 saturated carbocycles. The Hall–Kier alpha value is -0.380. The molecule has 1 aliphatic rings. The van der Waals surface area contributed by atoms with Gasteiger partial charge in [0.05, 0.1) is 0 Å². The van der Waals surface area contributed by atoms with Crippen LogP contribution in [-0.4, -0.2) is 38.6 Å². The smallest absolute Gasteiger partial charge is 0.00579 e. The first-order valence-corrected chi connectivity index (χ1v) is 8.87. The molecule has 2 rings (SSSR count). The van der Waals surface area contributed by atoms with Crippen molar-refractivity contribution < 1.29 is 0 Å². The minimum absolute atomic E-state index is 0.497. The van der Waals surface area contributed by atoms with Crippen LogP contribution in [0.2, 0.25) is 0 Å². The summed E-state index contributed by atoms with van der Waals surface area (Å²) in [5, 5.41) is 5.63. The zero-order chi connectivity index (χ0) is 14.4. The highest BCUT2D eigenvalue weighted by Crippen LogP contribution is 2.39. The SMILES string of the molecule is CNCC1(CN(C)CCc2cccs2)CCCC(C)C1. The second-order valence-corrected chi connectivity index (χ2v) is 7.83. The Balaban J connectivity index is 1.86. The maximum Gasteiger partial charge on any atom is 0.00579 e. The van der Waals surface area contributed by atoms with E-state index in [0.29, 0.717) is 5.41 Å². The molecule has 1 aromatic rings. The highest BCUT2D eigenvalue weighted by atomic mass is 32.1. The summed E-state index contributed by atoms with van der Waals surface area (Å²) < 4.78 is 0. The predicted molar refractivity (Wildman–Crippen MR) is 89.5 cm³/mol. The van der Waals surface area contributed by atoms with Gasteiger partial charge in [-0.2, -0.15) is 0 Å². The summed E-state index contributed by atoms with van der Waals surface area (Å²) in [4.78, 5) is 4.06. The number of nitrogens with one attached hydrogen (secondary N) is 1. The monoisotopic (exact) mass is 294 g/mol. The van der Waals surface area contributed by atoms with E-state index in [0.717, 1.165) is 5.92 Å². The normalized spacial score (nSPS) is 27.1. The minimum atomic E-state index is 0.497. The number of thiophene rings is 1. The van der Waals surface area contributed by atoms with Crippen molar-refractivity contribution in [3.05, 3.63) is 22.4 Å². The number of hydrogen-bond donors (Lipinski definition) is 1. The summed E-state index contributed by atoms with van der Waals surface area (Å²) in [6.45, 7) is 6.01. The molecule has 1 aromatic heterocycles. The second-order valence-electron chi connectivity index (χ2n) is 6.80. The molecule has 3 heteroatoms. The van der Waals surface area contributed by atoms with Crippen LogP contribution in [0.25, 0.3) is 0 Å². The van der Waals surface area contributed by atoms with Crippen molar-refractivity contribution in [1.82, 2.24) is 10.2 Å². The van der Waals surface area contributed by atoms with E-state index in [-0.39, 0.29) is 0 Å². The number of rotatable bonds is 7. The van der Waals surface area contributed by atoms with Gasteiger partial charge in [-0.25, -0.2) is 0 Å². The van der Waals surface area contributed by atoms with Crippen molar-refractivity contribution in [3.8, 4) is 0 Å². The Morgan fingerprint density at radius 1 is 1.50 bits per heavy atom. The van der Waals surface area contributed by atoms with Gasteiger partial charge in [0.1, 0.15) is 0 Å². The van der Waals surface area contributed by atoms with Gasteiger partial charge >= 0.3 is 0 Å². The third kappa shape index (κ3) is 4.57. The zero-order valence-electron chi connectivity index (χ0n) is 13.3. The third-order valence-electron chi connectivity index (χ3n) is 4.66. The molecule has 0 aromatic carbocycles. The fourth-order valence-electron chi connectivity index (χ4n) is 3.91. The fourth-order valence-corrected chi connectivity index (χ4v) is 4.61. The van der Waals surface area contributed by atoms with Gasteiger partial charge in [0, 0.05) is 24.5 Å². The van der Waals surface area contributed by atoms with Crippen molar-refractivity contribution in [2.45, 2.75) is 39.0 Å². The molecule has 0 bridgehead atoms. The minimum Gasteiger partial charge on any atom is -0.319 e. The van der Waals surface area contributed by atoms with Crippen molar-refractivity contribution in [3.63, 3.8) is 0 Å². The fraction of sp³-hybridized carbons (Fsp3) is 0.765. The lowest BCUT2D eigenvalue weighted by Gasteiger charge is -2.42. The summed E-state index contributed by atoms with van der Waals surface area (Å²) in [6.07, 6.45) is 6.80. The van der Waals surface area contributed by atoms with Crippen LogP contribution in [0.4, 0.5) is 0 Å². The van der Waals surface area contributed by atoms with Crippen LogP contribution in [0.1, 0.15) is 37.5 Å². The summed E-state index contributed by atoms with van der Waals surface area (Å²) in [5.74, 6) is 0.891. The predicted octanol–water partition coefficient (Wildman–Crippen LogP) is 3.64. The van der Waals surface area contributed by atoms with Gasteiger partial charge in [0.2, 0.25) is 0 Å². The van der Waals surface area contributed by atoms with Crippen LogP contribution < -0.4 is 5.32 Å². The lowest BCUT2D eigenvalue weighted by Crippen LogP contribution is -2.45. The Bertz CT molecular complexity index is 372. The third-order valence-corrected chi connectivity index (χ3v) is 5.60. The number of hydrogen-bond acceptors (Lipinski definition) is 3. The van der Waals surface area contributed by atoms with Gasteiger partial charge in [0.25, 0.3) is 0 Å². The zero-order valence-corrected chi connectivity index (χ0v) is 14.1. The Morgan fingerprint density at radius 3 is 3.00 bits per heavy atom. The van der Waals surface area contributed by atoms with Crippen LogP contribution in [-0.2, 0) is 6.42 Å². The average Bonchev–Trinajstić information content (AvgIpc) is 2.89. The number of nitrogens with zero attached hydrogens (tertiary/aromatic N) is 1. The van der Waals surface area contributed by atoms with Crippen LogP contribution >= 0.6 is 11.3 Å². The second kappa shape index (κ2) is 7.58. The van der Waals surface area contributed by atoms with Gasteiger partial charge in [-0.1, -0.05) is 25.8 Å². The van der Waals surface area contributed by atoms with Gasteiger partial charge in [-0.15, -0.1) is 11.3 Å². The Labute approximate surface area is 128 Å². The van der Waals surface area contributed by atoms with Crippen molar-refractivity contribution in [2.75, 3.05) is 33.7 Å². The van der Waals surface area contributed by atoms with E-state index in [4.69, 9.17) is 0 Å². The van der Waals surface area contributed by atoms with Gasteiger partial charge < -0.3 is 10.2 Å². The van der Waals surface area contributed by atoms with Crippen LogP contribution in [0, 0.1) is 11.3 Å². The molecule has 20 heavy (non-hydrogen) atoms. The first-order chi connectivity index (χ1) is 9.63. The van der Waals surface area contributed by atoms with E-state index in [2.05, 4.69) is 48.7 Å². The molecule has 0 spiro atoms. The molecule has 0 aliphatic heterocycles. The molecule has 114 valence electrons. The Kier molecular flexibility index (Phi) is 6.06. The maximum atomic E-state index is 3.45. The maximum absolute atomic E-state index is 3.45. The van der Waals surface area contributed by atoms with Gasteiger partial charge in [-0.05, 0) is 56.1 Å². The lowest BCUT2D eigenvalue weighted by molar-refractivity contribution is 0.0945. The van der Waals surface area contributed by atoms with Crippen LogP contribution in [0.3, 0.4) is 0 Å². The molecule has 1 aliphatic carbocycles. The van der Waals surface area contributed by atoms with Gasteiger partial charge in [-0.3, -0.25) is 0 Å². The standard InChI is InChI=1S/C17H30N2S/c1-15-6-4-9-17(12-15,13-18-2)14-19(3)10-8-16-7-5-11-20-16/h5,7,11,15,18H,4,6,8-10,12-14H2,1-3H3. The van der Waals surface area contributed by atoms with E-state index < -0.39 is 0 Å². The summed E-state index contributed by atoms with van der Waals surface area (Å²) in [6, 6.07) is 4.41. The first-order valence-electron chi connectivity index (χ1n) is 7.99. The molecule has 1 N–H and O–H groups in total. The van der Waals surface area contributed by atoms with Crippen molar-refractivity contribution >= 4 is 11.3 Å². The van der Waals surface area contributed by atoms with E-state index in [1.165, 1.54) is 56.6 Å². The molecular formula is C17H30N2S. The van der Waals surface area contributed by atoms with E-state index in [9.17, 15) is 0 Å². The lowest BCUT2D eigenvalue weighted by atomic mass is 9.69. The van der Waals surface area contributed by atoms with E-state index >= 15 is 0 Å². The summed E-state index contributed by atoms with van der Waals surface area (Å²) in [7, 11) is 4.40. The molecule has 0 radical (unpaired) electrons. The Morgan fingerprint density at radius 2 is 2.35 bits per heavy atom. The molecule has 0 saturated heterocycles. The highest BCUT2D eigenvalue weighted by molar-refractivity contribution is 7.09. The van der Waals surface area contributed by atoms with Crippen molar-refractivity contribution in [2.24, 2.45) is 11.3 Å². The van der Waals surface area contributed by atoms with Crippen LogP contribution in [0.5, 0.6) is 0 Å². The number of likely N-dealkylation sites (N-methyl/N-ethyl adjacent to an activating group) is 1. The largest absolute Gasteiger partial charge is 0.319 e. The molecule has 2 nitrogen and oxygen atoms in total. The van der Waals surface area contributed by atoms with E-state index in [1.807, 2.05) is 11.3 Å². The summed E-state index contributed by atoms with van der Waals surface area (Å²) >= 11 is 1.88. The highest BCUT2D eigenvalue weighted by Gasteiger charge is 2.35. The van der Waals surface area contributed by atoms with Gasteiger partial charge in [0.15, 0.2) is 0 Å². The molecule has 2 unspecified atom stereocenters. The van der Waals surface area contributed by atoms with Crippen molar-refractivity contribution in [1.29, 1.82) is 0 Å². The molecular weight excluding hydrogens is 264 g/mol. The molecule has 2 atom stereocenters. The summed E-state index contributed by atoms with van der Waals surface area (Å²) in [5.41, 5.74) is 0.497. The molecule has 1 fully saturated rings. The molecule has 1 heterocycles. The molecule has 0 amide bonds. The first kappa shape index (κ1) is 16.0. The topological polar surface area (TPSA) is 15.3 Å². The quantitative estimate of drug-likeness (QED) is 0.826. The van der Waals surface area contributed by atoms with E-state index in [1.54, 1.807) is 0 Å².